The summed E-state index contributed by atoms with van der Waals surface area (Å²) < 4.78 is 1.41. The smallest absolute Gasteiger partial charge is 0.258 e. The fourth-order valence-electron chi connectivity index (χ4n) is 4.80. The van der Waals surface area contributed by atoms with Gasteiger partial charge in [-0.3, -0.25) is 14.4 Å². The van der Waals surface area contributed by atoms with Crippen LogP contribution in [0.1, 0.15) is 38.5 Å². The standard InChI is InChI=1S/C24H32N4O3/c29-22(18-28-15-9-19-6-2-3-7-21(19)24(28)31)25-12-8-23(30)27-16-10-20(11-17-27)26-13-4-1-5-14-26/h2-3,6-7,9,15,20H,1,4-5,8,10-14,16-18H2,(H,25,29). The summed E-state index contributed by atoms with van der Waals surface area (Å²) >= 11 is 0. The van der Waals surface area contributed by atoms with Gasteiger partial charge < -0.3 is 19.7 Å². The number of amides is 2. The van der Waals surface area contributed by atoms with Crippen LogP contribution in [0.25, 0.3) is 10.8 Å². The average Bonchev–Trinajstić information content (AvgIpc) is 2.82. The normalized spacial score (nSPS) is 18.3. The molecule has 0 bridgehead atoms. The van der Waals surface area contributed by atoms with E-state index in [9.17, 15) is 14.4 Å². The van der Waals surface area contributed by atoms with E-state index < -0.39 is 0 Å². The number of rotatable bonds is 6. The Kier molecular flexibility index (Phi) is 7.02. The van der Waals surface area contributed by atoms with Crippen LogP contribution in [0.3, 0.4) is 0 Å². The molecule has 2 aliphatic heterocycles. The van der Waals surface area contributed by atoms with Crippen LogP contribution in [0.5, 0.6) is 0 Å². The second kappa shape index (κ2) is 10.1. The lowest BCUT2D eigenvalue weighted by atomic mass is 10.00. The van der Waals surface area contributed by atoms with Crippen molar-refractivity contribution < 1.29 is 9.59 Å². The quantitative estimate of drug-likeness (QED) is 0.770. The third kappa shape index (κ3) is 5.34. The van der Waals surface area contributed by atoms with Gasteiger partial charge in [-0.1, -0.05) is 24.6 Å². The number of pyridine rings is 1. The highest BCUT2D eigenvalue weighted by atomic mass is 16.2. The lowest BCUT2D eigenvalue weighted by Crippen LogP contribution is -2.48. The van der Waals surface area contributed by atoms with E-state index >= 15 is 0 Å². The molecule has 2 fully saturated rings. The van der Waals surface area contributed by atoms with Crippen molar-refractivity contribution in [3.05, 3.63) is 46.9 Å². The summed E-state index contributed by atoms with van der Waals surface area (Å²) in [6.07, 6.45) is 7.96. The van der Waals surface area contributed by atoms with Crippen LogP contribution in [0.15, 0.2) is 41.3 Å². The maximum atomic E-state index is 12.5. The molecule has 7 nitrogen and oxygen atoms in total. The lowest BCUT2D eigenvalue weighted by Gasteiger charge is -2.40. The molecule has 7 heteroatoms. The Morgan fingerprint density at radius 2 is 1.71 bits per heavy atom. The third-order valence-electron chi connectivity index (χ3n) is 6.59. The number of nitrogens with zero attached hydrogens (tertiary/aromatic N) is 3. The number of aromatic nitrogens is 1. The zero-order valence-electron chi connectivity index (χ0n) is 18.1. The van der Waals surface area contributed by atoms with Gasteiger partial charge in [-0.05, 0) is 56.3 Å². The molecule has 4 rings (SSSR count). The molecule has 1 N–H and O–H groups in total. The van der Waals surface area contributed by atoms with Gasteiger partial charge in [-0.25, -0.2) is 0 Å². The second-order valence-electron chi connectivity index (χ2n) is 8.64. The van der Waals surface area contributed by atoms with E-state index in [-0.39, 0.29) is 23.9 Å². The minimum Gasteiger partial charge on any atom is -0.354 e. The fourth-order valence-corrected chi connectivity index (χ4v) is 4.80. The van der Waals surface area contributed by atoms with Gasteiger partial charge >= 0.3 is 0 Å². The highest BCUT2D eigenvalue weighted by Crippen LogP contribution is 2.21. The Labute approximate surface area is 183 Å². The molecule has 1 aromatic carbocycles. The fraction of sp³-hybridized carbons (Fsp3) is 0.542. The molecular formula is C24H32N4O3. The van der Waals surface area contributed by atoms with Crippen LogP contribution in [-0.4, -0.2) is 64.9 Å². The Balaban J connectivity index is 1.20. The molecule has 166 valence electrons. The van der Waals surface area contributed by atoms with Crippen molar-refractivity contribution in [3.63, 3.8) is 0 Å². The van der Waals surface area contributed by atoms with E-state index in [1.54, 1.807) is 12.3 Å². The van der Waals surface area contributed by atoms with Crippen LogP contribution in [0.4, 0.5) is 0 Å². The summed E-state index contributed by atoms with van der Waals surface area (Å²) in [5, 5.41) is 4.24. The maximum Gasteiger partial charge on any atom is 0.258 e. The number of hydrogen-bond donors (Lipinski definition) is 1. The van der Waals surface area contributed by atoms with Gasteiger partial charge in [-0.15, -0.1) is 0 Å². The summed E-state index contributed by atoms with van der Waals surface area (Å²) in [6.45, 7) is 4.27. The zero-order chi connectivity index (χ0) is 21.6. The van der Waals surface area contributed by atoms with Crippen molar-refractivity contribution >= 4 is 22.6 Å². The van der Waals surface area contributed by atoms with Crippen molar-refractivity contribution in [2.75, 3.05) is 32.7 Å². The number of piperidine rings is 2. The Hall–Kier alpha value is -2.67. The summed E-state index contributed by atoms with van der Waals surface area (Å²) in [6, 6.07) is 9.79. The monoisotopic (exact) mass is 424 g/mol. The van der Waals surface area contributed by atoms with Crippen LogP contribution < -0.4 is 10.9 Å². The molecule has 0 unspecified atom stereocenters. The number of fused-ring (bicyclic) bond motifs is 1. The van der Waals surface area contributed by atoms with Crippen molar-refractivity contribution in [2.45, 2.75) is 51.1 Å². The van der Waals surface area contributed by atoms with Crippen molar-refractivity contribution in [1.82, 2.24) is 19.7 Å². The Bertz CT molecular complexity index is 972. The van der Waals surface area contributed by atoms with E-state index in [1.165, 1.54) is 36.9 Å². The van der Waals surface area contributed by atoms with E-state index in [1.807, 2.05) is 29.2 Å². The van der Waals surface area contributed by atoms with Gasteiger partial charge in [-0.2, -0.15) is 0 Å². The molecule has 0 saturated carbocycles. The Morgan fingerprint density at radius 3 is 2.48 bits per heavy atom. The molecule has 1 aromatic heterocycles. The summed E-state index contributed by atoms with van der Waals surface area (Å²) in [5.41, 5.74) is -0.180. The Morgan fingerprint density at radius 1 is 0.968 bits per heavy atom. The molecule has 0 radical (unpaired) electrons. The highest BCUT2D eigenvalue weighted by Gasteiger charge is 2.27. The predicted octanol–water partition coefficient (Wildman–Crippen LogP) is 1.98. The zero-order valence-corrected chi connectivity index (χ0v) is 18.1. The maximum absolute atomic E-state index is 12.5. The topological polar surface area (TPSA) is 74.6 Å². The van der Waals surface area contributed by atoms with Crippen molar-refractivity contribution in [3.8, 4) is 0 Å². The highest BCUT2D eigenvalue weighted by molar-refractivity contribution is 5.82. The van der Waals surface area contributed by atoms with E-state index in [2.05, 4.69) is 10.2 Å². The van der Waals surface area contributed by atoms with E-state index in [4.69, 9.17) is 0 Å². The van der Waals surface area contributed by atoms with Gasteiger partial charge in [0.2, 0.25) is 11.8 Å². The van der Waals surface area contributed by atoms with Gasteiger partial charge in [0, 0.05) is 43.7 Å². The number of nitrogens with one attached hydrogen (secondary N) is 1. The first-order valence-corrected chi connectivity index (χ1v) is 11.5. The molecule has 2 aromatic rings. The molecule has 0 aliphatic carbocycles. The van der Waals surface area contributed by atoms with Crippen LogP contribution in [0.2, 0.25) is 0 Å². The number of likely N-dealkylation sites (tertiary alicyclic amines) is 2. The van der Waals surface area contributed by atoms with Crippen molar-refractivity contribution in [2.24, 2.45) is 0 Å². The van der Waals surface area contributed by atoms with Crippen LogP contribution in [-0.2, 0) is 16.1 Å². The second-order valence-corrected chi connectivity index (χ2v) is 8.64. The molecule has 2 amide bonds. The number of carbonyl (C=O) groups excluding carboxylic acids is 2. The lowest BCUT2D eigenvalue weighted by molar-refractivity contribution is -0.132. The van der Waals surface area contributed by atoms with E-state index in [0.29, 0.717) is 24.4 Å². The molecule has 2 saturated heterocycles. The first-order valence-electron chi connectivity index (χ1n) is 11.5. The minimum absolute atomic E-state index is 0.0426. The minimum atomic E-state index is -0.256. The molecule has 3 heterocycles. The first-order chi connectivity index (χ1) is 15.1. The molecular weight excluding hydrogens is 392 g/mol. The number of carbonyl (C=O) groups is 2. The predicted molar refractivity (Wildman–Crippen MR) is 121 cm³/mol. The molecule has 31 heavy (non-hydrogen) atoms. The average molecular weight is 425 g/mol. The van der Waals surface area contributed by atoms with Gasteiger partial charge in [0.1, 0.15) is 6.54 Å². The van der Waals surface area contributed by atoms with Crippen molar-refractivity contribution in [1.29, 1.82) is 0 Å². The van der Waals surface area contributed by atoms with Crippen LogP contribution in [0, 0.1) is 0 Å². The third-order valence-corrected chi connectivity index (χ3v) is 6.59. The summed E-state index contributed by atoms with van der Waals surface area (Å²) in [5.74, 6) is -0.158. The number of benzene rings is 1. The summed E-state index contributed by atoms with van der Waals surface area (Å²) in [7, 11) is 0. The van der Waals surface area contributed by atoms with Gasteiger partial charge in [0.15, 0.2) is 0 Å². The van der Waals surface area contributed by atoms with Gasteiger partial charge in [0.25, 0.3) is 5.56 Å². The SMILES string of the molecule is O=C(Cn1ccc2ccccc2c1=O)NCCC(=O)N1CCC(N2CCCCC2)CC1. The van der Waals surface area contributed by atoms with E-state index in [0.717, 1.165) is 31.3 Å². The first kappa shape index (κ1) is 21.6. The van der Waals surface area contributed by atoms with Gasteiger partial charge in [0.05, 0.1) is 0 Å². The molecule has 0 spiro atoms. The summed E-state index contributed by atoms with van der Waals surface area (Å²) in [4.78, 5) is 41.8. The number of hydrogen-bond acceptors (Lipinski definition) is 4. The van der Waals surface area contributed by atoms with Crippen LogP contribution >= 0.6 is 0 Å². The largest absolute Gasteiger partial charge is 0.354 e. The molecule has 0 atom stereocenters. The molecule has 2 aliphatic rings.